The van der Waals surface area contributed by atoms with Crippen molar-refractivity contribution in [3.8, 4) is 0 Å². The summed E-state index contributed by atoms with van der Waals surface area (Å²) in [5, 5.41) is 7.10. The third-order valence-corrected chi connectivity index (χ3v) is 4.99. The molecule has 0 saturated heterocycles. The summed E-state index contributed by atoms with van der Waals surface area (Å²) < 4.78 is 5.95. The lowest BCUT2D eigenvalue weighted by molar-refractivity contribution is -0.124. The number of fused-ring (bicyclic) bond motifs is 1. The molecule has 2 N–H and O–H groups in total. The van der Waals surface area contributed by atoms with Crippen LogP contribution in [0.1, 0.15) is 50.3 Å². The van der Waals surface area contributed by atoms with Crippen LogP contribution in [-0.4, -0.2) is 18.4 Å². The molecular formula is C20H24N2O3. The topological polar surface area (TPSA) is 71.3 Å². The molecule has 2 fully saturated rings. The molecule has 1 aromatic heterocycles. The van der Waals surface area contributed by atoms with Crippen LogP contribution >= 0.6 is 0 Å². The lowest BCUT2D eigenvalue weighted by Gasteiger charge is -2.16. The Kier molecular flexibility index (Phi) is 4.47. The predicted molar refractivity (Wildman–Crippen MR) is 94.8 cm³/mol. The Labute approximate surface area is 147 Å². The van der Waals surface area contributed by atoms with Gasteiger partial charge >= 0.3 is 0 Å². The molecule has 4 rings (SSSR count). The van der Waals surface area contributed by atoms with Crippen molar-refractivity contribution in [2.24, 2.45) is 11.8 Å². The molecule has 1 unspecified atom stereocenters. The summed E-state index contributed by atoms with van der Waals surface area (Å²) in [5.74, 6) is 1.70. The number of hydrogen-bond donors (Lipinski definition) is 2. The van der Waals surface area contributed by atoms with Crippen molar-refractivity contribution in [1.82, 2.24) is 10.6 Å². The normalized spacial score (nSPS) is 18.1. The van der Waals surface area contributed by atoms with Gasteiger partial charge in [0.25, 0.3) is 0 Å². The number of hydrogen-bond acceptors (Lipinski definition) is 3. The molecule has 2 aromatic rings. The van der Waals surface area contributed by atoms with Crippen LogP contribution in [-0.2, 0) is 9.59 Å². The molecule has 2 aliphatic rings. The average Bonchev–Trinajstić information content (AvgIpc) is 3.52. The molecule has 5 heteroatoms. The molecule has 25 heavy (non-hydrogen) atoms. The van der Waals surface area contributed by atoms with Gasteiger partial charge in [-0.3, -0.25) is 9.59 Å². The number of amides is 2. The van der Waals surface area contributed by atoms with E-state index in [0.717, 1.165) is 42.4 Å². The van der Waals surface area contributed by atoms with Crippen molar-refractivity contribution in [1.29, 1.82) is 0 Å². The van der Waals surface area contributed by atoms with Crippen LogP contribution < -0.4 is 10.6 Å². The van der Waals surface area contributed by atoms with Gasteiger partial charge in [-0.05, 0) is 50.2 Å². The van der Waals surface area contributed by atoms with Gasteiger partial charge in [0.2, 0.25) is 11.8 Å². The van der Waals surface area contributed by atoms with Crippen molar-refractivity contribution in [2.45, 2.75) is 44.6 Å². The largest absolute Gasteiger partial charge is 0.459 e. The minimum absolute atomic E-state index is 0.0260. The Morgan fingerprint density at radius 1 is 1.16 bits per heavy atom. The second-order valence-corrected chi connectivity index (χ2v) is 7.24. The molecular weight excluding hydrogens is 316 g/mol. The Hall–Kier alpha value is -2.30. The zero-order valence-electron chi connectivity index (χ0n) is 14.3. The first kappa shape index (κ1) is 16.2. The number of para-hydroxylation sites is 1. The molecule has 2 aliphatic carbocycles. The molecule has 1 atom stereocenters. The summed E-state index contributed by atoms with van der Waals surface area (Å²) in [7, 11) is 0. The van der Waals surface area contributed by atoms with E-state index < -0.39 is 0 Å². The molecule has 132 valence electrons. The highest BCUT2D eigenvalue weighted by Gasteiger charge is 2.35. The van der Waals surface area contributed by atoms with Crippen LogP contribution in [0, 0.1) is 11.8 Å². The summed E-state index contributed by atoms with van der Waals surface area (Å²) in [6.45, 7) is 0.571. The van der Waals surface area contributed by atoms with Gasteiger partial charge in [0, 0.05) is 24.3 Å². The second-order valence-electron chi connectivity index (χ2n) is 7.24. The van der Waals surface area contributed by atoms with Crippen LogP contribution in [0.4, 0.5) is 0 Å². The van der Waals surface area contributed by atoms with Gasteiger partial charge in [0.1, 0.15) is 11.3 Å². The maximum absolute atomic E-state index is 12.3. The van der Waals surface area contributed by atoms with Gasteiger partial charge in [-0.2, -0.15) is 0 Å². The van der Waals surface area contributed by atoms with E-state index in [-0.39, 0.29) is 23.8 Å². The molecule has 0 aliphatic heterocycles. The van der Waals surface area contributed by atoms with Gasteiger partial charge in [-0.25, -0.2) is 0 Å². The SMILES string of the molecule is O=C(CCCNC(=O)C1CC1)NC(c1cc2ccccc2o1)C1CC1. The lowest BCUT2D eigenvalue weighted by Crippen LogP contribution is -2.31. The van der Waals surface area contributed by atoms with Crippen LogP contribution in [0.5, 0.6) is 0 Å². The number of furan rings is 1. The number of carbonyl (C=O) groups is 2. The molecule has 2 amide bonds. The van der Waals surface area contributed by atoms with E-state index in [9.17, 15) is 9.59 Å². The summed E-state index contributed by atoms with van der Waals surface area (Å²) in [6.07, 6.45) is 5.36. The van der Waals surface area contributed by atoms with Gasteiger partial charge in [0.15, 0.2) is 0 Å². The summed E-state index contributed by atoms with van der Waals surface area (Å²) >= 11 is 0. The second kappa shape index (κ2) is 6.90. The molecule has 1 aromatic carbocycles. The molecule has 0 bridgehead atoms. The van der Waals surface area contributed by atoms with Crippen LogP contribution in [0.3, 0.4) is 0 Å². The Morgan fingerprint density at radius 2 is 1.96 bits per heavy atom. The molecule has 5 nitrogen and oxygen atoms in total. The lowest BCUT2D eigenvalue weighted by atomic mass is 10.1. The first-order valence-electron chi connectivity index (χ1n) is 9.26. The monoisotopic (exact) mass is 340 g/mol. The van der Waals surface area contributed by atoms with Gasteiger partial charge in [-0.15, -0.1) is 0 Å². The highest BCUT2D eigenvalue weighted by molar-refractivity contribution is 5.81. The van der Waals surface area contributed by atoms with E-state index >= 15 is 0 Å². The predicted octanol–water partition coefficient (Wildman–Crippen LogP) is 3.31. The fourth-order valence-corrected chi connectivity index (χ4v) is 3.20. The Bertz CT molecular complexity index is 741. The molecule has 1 heterocycles. The van der Waals surface area contributed by atoms with Crippen molar-refractivity contribution in [3.05, 3.63) is 36.1 Å². The minimum Gasteiger partial charge on any atom is -0.459 e. The number of benzene rings is 1. The van der Waals surface area contributed by atoms with Crippen molar-refractivity contribution < 1.29 is 14.0 Å². The smallest absolute Gasteiger partial charge is 0.223 e. The zero-order valence-corrected chi connectivity index (χ0v) is 14.3. The van der Waals surface area contributed by atoms with Crippen LogP contribution in [0.25, 0.3) is 11.0 Å². The summed E-state index contributed by atoms with van der Waals surface area (Å²) in [5.41, 5.74) is 0.861. The molecule has 0 radical (unpaired) electrons. The van der Waals surface area contributed by atoms with E-state index in [1.807, 2.05) is 30.3 Å². The highest BCUT2D eigenvalue weighted by Crippen LogP contribution is 2.42. The molecule has 0 spiro atoms. The van der Waals surface area contributed by atoms with E-state index in [1.165, 1.54) is 0 Å². The summed E-state index contributed by atoms with van der Waals surface area (Å²) in [6, 6.07) is 9.91. The molecule has 2 saturated carbocycles. The van der Waals surface area contributed by atoms with E-state index in [4.69, 9.17) is 4.42 Å². The van der Waals surface area contributed by atoms with Crippen LogP contribution in [0.2, 0.25) is 0 Å². The number of carbonyl (C=O) groups excluding carboxylic acids is 2. The fourth-order valence-electron chi connectivity index (χ4n) is 3.20. The first-order valence-corrected chi connectivity index (χ1v) is 9.26. The van der Waals surface area contributed by atoms with Gasteiger partial charge < -0.3 is 15.1 Å². The van der Waals surface area contributed by atoms with Crippen molar-refractivity contribution in [2.75, 3.05) is 6.54 Å². The van der Waals surface area contributed by atoms with Gasteiger partial charge in [0.05, 0.1) is 6.04 Å². The summed E-state index contributed by atoms with van der Waals surface area (Å²) in [4.78, 5) is 23.9. The number of rotatable bonds is 8. The average molecular weight is 340 g/mol. The number of nitrogens with one attached hydrogen (secondary N) is 2. The van der Waals surface area contributed by atoms with Crippen LogP contribution in [0.15, 0.2) is 34.7 Å². The van der Waals surface area contributed by atoms with E-state index in [2.05, 4.69) is 10.6 Å². The van der Waals surface area contributed by atoms with E-state index in [0.29, 0.717) is 25.3 Å². The Morgan fingerprint density at radius 3 is 2.68 bits per heavy atom. The van der Waals surface area contributed by atoms with E-state index in [1.54, 1.807) is 0 Å². The third-order valence-electron chi connectivity index (χ3n) is 4.99. The quantitative estimate of drug-likeness (QED) is 0.724. The maximum atomic E-state index is 12.3. The fraction of sp³-hybridized carbons (Fsp3) is 0.500. The minimum atomic E-state index is -0.0408. The third kappa shape index (κ3) is 4.03. The first-order chi connectivity index (χ1) is 12.2. The highest BCUT2D eigenvalue weighted by atomic mass is 16.3. The maximum Gasteiger partial charge on any atom is 0.223 e. The standard InChI is InChI=1S/C20H24N2O3/c23-18(6-3-11-21-20(24)14-9-10-14)22-19(13-7-8-13)17-12-15-4-1-2-5-16(15)25-17/h1-2,4-5,12-14,19H,3,6-11H2,(H,21,24)(H,22,23). The van der Waals surface area contributed by atoms with Gasteiger partial charge in [-0.1, -0.05) is 18.2 Å². The Balaban J connectivity index is 1.30. The van der Waals surface area contributed by atoms with Crippen molar-refractivity contribution in [3.63, 3.8) is 0 Å². The zero-order chi connectivity index (χ0) is 17.2. The van der Waals surface area contributed by atoms with Crippen molar-refractivity contribution >= 4 is 22.8 Å².